The van der Waals surface area contributed by atoms with Crippen LogP contribution in [0.5, 0.6) is 0 Å². The number of fused-ring (bicyclic) bond motifs is 9. The maximum atomic E-state index is 6.65. The summed E-state index contributed by atoms with van der Waals surface area (Å²) in [7, 11) is 0. The number of thiophene rings is 1. The van der Waals surface area contributed by atoms with Crippen molar-refractivity contribution in [2.75, 3.05) is 4.90 Å². The van der Waals surface area contributed by atoms with Gasteiger partial charge in [-0.05, 0) is 93.5 Å². The zero-order chi connectivity index (χ0) is 34.9. The van der Waals surface area contributed by atoms with E-state index < -0.39 is 0 Å². The fourth-order valence-electron chi connectivity index (χ4n) is 8.13. The van der Waals surface area contributed by atoms with E-state index in [1.54, 1.807) is 0 Å². The summed E-state index contributed by atoms with van der Waals surface area (Å²) in [6, 6.07) is 68.1. The van der Waals surface area contributed by atoms with Crippen LogP contribution in [0.3, 0.4) is 0 Å². The molecule has 11 aromatic rings. The van der Waals surface area contributed by atoms with Crippen LogP contribution >= 0.6 is 11.3 Å². The predicted molar refractivity (Wildman–Crippen MR) is 227 cm³/mol. The lowest BCUT2D eigenvalue weighted by molar-refractivity contribution is 0.673. The Morgan fingerprint density at radius 1 is 0.396 bits per heavy atom. The number of nitrogens with zero attached hydrogens (tertiary/aromatic N) is 1. The number of anilines is 3. The highest BCUT2D eigenvalue weighted by Crippen LogP contribution is 2.47. The molecule has 0 atom stereocenters. The van der Waals surface area contributed by atoms with Gasteiger partial charge in [-0.1, -0.05) is 127 Å². The Morgan fingerprint density at radius 2 is 1.08 bits per heavy atom. The van der Waals surface area contributed by atoms with E-state index in [1.807, 2.05) is 11.3 Å². The molecule has 0 fully saturated rings. The van der Waals surface area contributed by atoms with Crippen LogP contribution in [0.1, 0.15) is 0 Å². The van der Waals surface area contributed by atoms with E-state index in [2.05, 4.69) is 193 Å². The van der Waals surface area contributed by atoms with Crippen molar-refractivity contribution in [1.29, 1.82) is 0 Å². The highest BCUT2D eigenvalue weighted by atomic mass is 32.1. The molecule has 0 bridgehead atoms. The molecule has 2 heterocycles. The van der Waals surface area contributed by atoms with E-state index in [4.69, 9.17) is 4.42 Å². The Bertz CT molecular complexity index is 3190. The van der Waals surface area contributed by atoms with Crippen molar-refractivity contribution in [1.82, 2.24) is 0 Å². The van der Waals surface area contributed by atoms with Gasteiger partial charge in [0.05, 0.1) is 5.69 Å². The van der Waals surface area contributed by atoms with Gasteiger partial charge in [-0.15, -0.1) is 11.3 Å². The lowest BCUT2D eigenvalue weighted by Gasteiger charge is -2.28. The first-order chi connectivity index (χ1) is 26.3. The molecule has 0 aliphatic heterocycles. The van der Waals surface area contributed by atoms with Crippen LogP contribution < -0.4 is 4.90 Å². The molecule has 0 saturated heterocycles. The van der Waals surface area contributed by atoms with Crippen LogP contribution in [-0.2, 0) is 0 Å². The highest BCUT2D eigenvalue weighted by molar-refractivity contribution is 7.25. The third kappa shape index (κ3) is 4.86. The van der Waals surface area contributed by atoms with E-state index in [0.717, 1.165) is 55.5 Å². The second-order valence-electron chi connectivity index (χ2n) is 13.7. The number of para-hydroxylation sites is 1. The van der Waals surface area contributed by atoms with Gasteiger partial charge in [-0.3, -0.25) is 0 Å². The van der Waals surface area contributed by atoms with Gasteiger partial charge < -0.3 is 9.32 Å². The molecule has 0 aliphatic rings. The molecule has 11 rings (SSSR count). The number of benzene rings is 9. The monoisotopic (exact) mass is 693 g/mol. The zero-order valence-corrected chi connectivity index (χ0v) is 29.5. The summed E-state index contributed by atoms with van der Waals surface area (Å²) in [4.78, 5) is 2.42. The topological polar surface area (TPSA) is 16.4 Å². The third-order valence-corrected chi connectivity index (χ3v) is 11.8. The number of rotatable bonds is 5. The Hall–Kier alpha value is -6.68. The number of hydrogen-bond acceptors (Lipinski definition) is 3. The smallest absolute Gasteiger partial charge is 0.143 e. The Balaban J connectivity index is 1.13. The fourth-order valence-corrected chi connectivity index (χ4v) is 9.21. The lowest BCUT2D eigenvalue weighted by Crippen LogP contribution is -2.11. The highest BCUT2D eigenvalue weighted by Gasteiger charge is 2.22. The average molecular weight is 694 g/mol. The summed E-state index contributed by atoms with van der Waals surface area (Å²) in [5.41, 5.74) is 9.81. The van der Waals surface area contributed by atoms with Crippen molar-refractivity contribution >= 4 is 92.1 Å². The molecule has 0 saturated carbocycles. The summed E-state index contributed by atoms with van der Waals surface area (Å²) < 4.78 is 9.24. The minimum atomic E-state index is 0.890. The van der Waals surface area contributed by atoms with Gasteiger partial charge >= 0.3 is 0 Å². The van der Waals surface area contributed by atoms with Crippen molar-refractivity contribution < 1.29 is 4.42 Å². The second-order valence-corrected chi connectivity index (χ2v) is 14.8. The van der Waals surface area contributed by atoms with Gasteiger partial charge in [0.1, 0.15) is 11.2 Å². The molecule has 2 aromatic heterocycles. The average Bonchev–Trinajstić information content (AvgIpc) is 3.80. The van der Waals surface area contributed by atoms with Gasteiger partial charge in [-0.25, -0.2) is 0 Å². The van der Waals surface area contributed by atoms with Crippen molar-refractivity contribution in [3.05, 3.63) is 188 Å². The van der Waals surface area contributed by atoms with Crippen molar-refractivity contribution in [2.24, 2.45) is 0 Å². The molecule has 2 nitrogen and oxygen atoms in total. The van der Waals surface area contributed by atoms with E-state index >= 15 is 0 Å². The van der Waals surface area contributed by atoms with Gasteiger partial charge in [0.2, 0.25) is 0 Å². The number of hydrogen-bond donors (Lipinski definition) is 0. The van der Waals surface area contributed by atoms with Crippen molar-refractivity contribution in [3.8, 4) is 22.3 Å². The van der Waals surface area contributed by atoms with Crippen molar-refractivity contribution in [2.45, 2.75) is 0 Å². The molecule has 53 heavy (non-hydrogen) atoms. The normalized spacial score (nSPS) is 11.8. The first-order valence-electron chi connectivity index (χ1n) is 18.0. The van der Waals surface area contributed by atoms with Crippen LogP contribution in [0.2, 0.25) is 0 Å². The third-order valence-electron chi connectivity index (χ3n) is 10.6. The maximum Gasteiger partial charge on any atom is 0.143 e. The fraction of sp³-hybridized carbons (Fsp3) is 0. The molecule has 0 radical (unpaired) electrons. The zero-order valence-electron chi connectivity index (χ0n) is 28.7. The standard InChI is InChI=1S/C50H31NOS/c1-2-12-35-30-36(21-20-32(35)10-1)33-22-25-37(26-23-33)51(38-27-29-48-44(31-38)41-15-6-8-19-47(41)53-48)45-17-7-5-14-40(45)42-16-9-18-46-49(42)43-28-24-34-11-3-4-13-39(34)50(43)52-46/h1-31H. The SMILES string of the molecule is c1ccc(N(c2ccc(-c3ccc4ccccc4c3)cc2)c2ccc3sc4ccccc4c3c2)c(-c2cccc3oc4c5ccccc5ccc4c23)c1. The molecule has 0 aliphatic carbocycles. The largest absolute Gasteiger partial charge is 0.455 e. The molecule has 0 spiro atoms. The minimum absolute atomic E-state index is 0.890. The Labute approximate surface area is 310 Å². The van der Waals surface area contributed by atoms with E-state index in [-0.39, 0.29) is 0 Å². The predicted octanol–water partition coefficient (Wildman–Crippen LogP) is 15.1. The molecule has 248 valence electrons. The summed E-state index contributed by atoms with van der Waals surface area (Å²) in [5.74, 6) is 0. The van der Waals surface area contributed by atoms with Gasteiger partial charge in [0.25, 0.3) is 0 Å². The molecule has 9 aromatic carbocycles. The minimum Gasteiger partial charge on any atom is -0.455 e. The van der Waals surface area contributed by atoms with Crippen LogP contribution in [0, 0.1) is 0 Å². The molecular weight excluding hydrogens is 663 g/mol. The van der Waals surface area contributed by atoms with Crippen LogP contribution in [0.25, 0.3) is 85.9 Å². The van der Waals surface area contributed by atoms with E-state index in [1.165, 1.54) is 47.5 Å². The Kier molecular flexibility index (Phi) is 6.76. The summed E-state index contributed by atoms with van der Waals surface area (Å²) in [6.45, 7) is 0. The summed E-state index contributed by atoms with van der Waals surface area (Å²) in [6.07, 6.45) is 0. The summed E-state index contributed by atoms with van der Waals surface area (Å²) >= 11 is 1.85. The van der Waals surface area contributed by atoms with Crippen LogP contribution in [-0.4, -0.2) is 0 Å². The quantitative estimate of drug-likeness (QED) is 0.178. The molecule has 3 heteroatoms. The van der Waals surface area contributed by atoms with Crippen LogP contribution in [0.4, 0.5) is 17.1 Å². The van der Waals surface area contributed by atoms with E-state index in [9.17, 15) is 0 Å². The Morgan fingerprint density at radius 3 is 1.98 bits per heavy atom. The van der Waals surface area contributed by atoms with Gasteiger partial charge in [-0.2, -0.15) is 0 Å². The van der Waals surface area contributed by atoms with Gasteiger partial charge in [0, 0.05) is 53.3 Å². The molecular formula is C50H31NOS. The maximum absolute atomic E-state index is 6.65. The molecule has 0 N–H and O–H groups in total. The first-order valence-corrected chi connectivity index (χ1v) is 18.8. The van der Waals surface area contributed by atoms with E-state index in [0.29, 0.717) is 0 Å². The van der Waals surface area contributed by atoms with Gasteiger partial charge in [0.15, 0.2) is 0 Å². The van der Waals surface area contributed by atoms with Crippen LogP contribution in [0.15, 0.2) is 192 Å². The molecule has 0 amide bonds. The van der Waals surface area contributed by atoms with Crippen molar-refractivity contribution in [3.63, 3.8) is 0 Å². The molecule has 0 unspecified atom stereocenters. The number of furan rings is 1. The lowest BCUT2D eigenvalue weighted by atomic mass is 9.96. The second kappa shape index (κ2) is 11.9. The summed E-state index contributed by atoms with van der Waals surface area (Å²) in [5, 5.41) is 9.62. The first kappa shape index (κ1) is 30.0.